The number of rotatable bonds is 5. The summed E-state index contributed by atoms with van der Waals surface area (Å²) in [7, 11) is 0. The van der Waals surface area contributed by atoms with Gasteiger partial charge in [-0.25, -0.2) is 13.6 Å². The quantitative estimate of drug-likeness (QED) is 0.397. The molecule has 4 heterocycles. The lowest BCUT2D eigenvalue weighted by molar-refractivity contribution is -0.128. The number of likely N-dealkylation sites (tertiary alicyclic amines) is 1. The molecule has 216 valence electrons. The van der Waals surface area contributed by atoms with E-state index in [1.807, 2.05) is 31.4 Å². The number of carbonyl (C=O) groups excluding carboxylic acids is 1. The van der Waals surface area contributed by atoms with Crippen LogP contribution in [0.25, 0.3) is 22.0 Å². The first kappa shape index (κ1) is 27.9. The van der Waals surface area contributed by atoms with Crippen LogP contribution in [0.2, 0.25) is 0 Å². The van der Waals surface area contributed by atoms with E-state index in [-0.39, 0.29) is 29.7 Å². The van der Waals surface area contributed by atoms with Crippen LogP contribution in [0.1, 0.15) is 38.3 Å². The van der Waals surface area contributed by atoms with Crippen LogP contribution in [-0.4, -0.2) is 75.8 Å². The zero-order valence-corrected chi connectivity index (χ0v) is 24.5. The number of benzene rings is 2. The van der Waals surface area contributed by atoms with Crippen LogP contribution in [-0.2, 0) is 4.79 Å². The molecule has 0 spiro atoms. The Morgan fingerprint density at radius 3 is 2.61 bits per heavy atom. The van der Waals surface area contributed by atoms with Crippen LogP contribution in [0.15, 0.2) is 46.6 Å². The fourth-order valence-corrected chi connectivity index (χ4v) is 8.08. The van der Waals surface area contributed by atoms with Crippen LogP contribution in [0.3, 0.4) is 0 Å². The lowest BCUT2D eigenvalue weighted by Crippen LogP contribution is -2.58. The summed E-state index contributed by atoms with van der Waals surface area (Å²) >= 11 is 1.64. The van der Waals surface area contributed by atoms with Crippen LogP contribution < -0.4 is 10.6 Å². The normalized spacial score (nSPS) is 22.9. The number of thioether (sulfide) groups is 1. The van der Waals surface area contributed by atoms with Gasteiger partial charge in [0.2, 0.25) is 5.91 Å². The van der Waals surface area contributed by atoms with Crippen molar-refractivity contribution in [2.24, 2.45) is 0 Å². The number of hydrogen-bond donors (Lipinski definition) is 0. The second-order valence-corrected chi connectivity index (χ2v) is 12.6. The molecule has 0 radical (unpaired) electrons. The van der Waals surface area contributed by atoms with Gasteiger partial charge < -0.3 is 14.7 Å². The van der Waals surface area contributed by atoms with E-state index in [1.54, 1.807) is 16.7 Å². The lowest BCUT2D eigenvalue weighted by Gasteiger charge is -2.45. The Labute approximate surface area is 242 Å². The van der Waals surface area contributed by atoms with E-state index < -0.39 is 11.6 Å². The Morgan fingerprint density at radius 1 is 1.15 bits per heavy atom. The number of carbonyl (C=O) groups is 1. The molecule has 0 bridgehead atoms. The van der Waals surface area contributed by atoms with Crippen molar-refractivity contribution >= 4 is 34.4 Å². The van der Waals surface area contributed by atoms with Gasteiger partial charge in [0.15, 0.2) is 0 Å². The van der Waals surface area contributed by atoms with Crippen molar-refractivity contribution in [3.8, 4) is 11.1 Å². The Kier molecular flexibility index (Phi) is 7.40. The van der Waals surface area contributed by atoms with E-state index in [1.165, 1.54) is 18.2 Å². The molecular formula is C31H35F2N5O2S. The second-order valence-electron chi connectivity index (χ2n) is 11.5. The number of aromatic nitrogens is 2. The highest BCUT2D eigenvalue weighted by atomic mass is 32.2. The molecule has 0 N–H and O–H groups in total. The van der Waals surface area contributed by atoms with Crippen LogP contribution in [0.4, 0.5) is 14.6 Å². The number of piperazine rings is 1. The van der Waals surface area contributed by atoms with Gasteiger partial charge in [-0.3, -0.25) is 9.36 Å². The monoisotopic (exact) mass is 579 g/mol. The maximum Gasteiger partial charge on any atom is 0.350 e. The summed E-state index contributed by atoms with van der Waals surface area (Å²) in [6, 6.07) is 5.39. The highest BCUT2D eigenvalue weighted by molar-refractivity contribution is 7.99. The van der Waals surface area contributed by atoms with Gasteiger partial charge in [-0.05, 0) is 76.5 Å². The van der Waals surface area contributed by atoms with Crippen LogP contribution >= 0.6 is 11.8 Å². The van der Waals surface area contributed by atoms with Crippen LogP contribution in [0, 0.1) is 18.6 Å². The van der Waals surface area contributed by atoms with Gasteiger partial charge in [-0.15, -0.1) is 11.8 Å². The van der Waals surface area contributed by atoms with E-state index in [0.717, 1.165) is 59.9 Å². The Morgan fingerprint density at radius 2 is 1.90 bits per heavy atom. The predicted octanol–water partition coefficient (Wildman–Crippen LogP) is 5.00. The highest BCUT2D eigenvalue weighted by Gasteiger charge is 2.36. The molecule has 41 heavy (non-hydrogen) atoms. The van der Waals surface area contributed by atoms with Crippen LogP contribution in [0.5, 0.6) is 0 Å². The zero-order chi connectivity index (χ0) is 29.0. The van der Waals surface area contributed by atoms with Crippen molar-refractivity contribution in [3.63, 3.8) is 0 Å². The maximum absolute atomic E-state index is 15.2. The summed E-state index contributed by atoms with van der Waals surface area (Å²) in [5.74, 6) is -0.121. The van der Waals surface area contributed by atoms with Crippen molar-refractivity contribution in [2.45, 2.75) is 56.6 Å². The van der Waals surface area contributed by atoms with E-state index in [4.69, 9.17) is 4.98 Å². The first-order valence-corrected chi connectivity index (χ1v) is 15.3. The van der Waals surface area contributed by atoms with Crippen molar-refractivity contribution in [2.75, 3.05) is 43.4 Å². The van der Waals surface area contributed by atoms with Gasteiger partial charge >= 0.3 is 5.69 Å². The smallest absolute Gasteiger partial charge is 0.349 e. The van der Waals surface area contributed by atoms with Gasteiger partial charge in [-0.2, -0.15) is 4.98 Å². The molecular weight excluding hydrogens is 544 g/mol. The lowest BCUT2D eigenvalue weighted by atomic mass is 9.96. The van der Waals surface area contributed by atoms with Crippen molar-refractivity contribution in [3.05, 3.63) is 64.6 Å². The summed E-state index contributed by atoms with van der Waals surface area (Å²) < 4.78 is 30.9. The Balaban J connectivity index is 1.56. The van der Waals surface area contributed by atoms with Gasteiger partial charge in [0.1, 0.15) is 17.5 Å². The summed E-state index contributed by atoms with van der Waals surface area (Å²) in [6.45, 7) is 13.4. The van der Waals surface area contributed by atoms with Crippen molar-refractivity contribution in [1.82, 2.24) is 19.4 Å². The Hall–Kier alpha value is -3.24. The summed E-state index contributed by atoms with van der Waals surface area (Å²) in [4.78, 5) is 38.3. The molecule has 2 fully saturated rings. The van der Waals surface area contributed by atoms with Gasteiger partial charge in [0.05, 0.1) is 11.6 Å². The average Bonchev–Trinajstić information content (AvgIpc) is 3.45. The summed E-state index contributed by atoms with van der Waals surface area (Å²) in [6.07, 6.45) is 3.65. The third-order valence-electron chi connectivity index (χ3n) is 8.71. The summed E-state index contributed by atoms with van der Waals surface area (Å²) in [5.41, 5.74) is 2.28. The van der Waals surface area contributed by atoms with E-state index in [9.17, 15) is 14.0 Å². The molecule has 2 saturated heterocycles. The fraction of sp³-hybridized carbons (Fsp3) is 0.452. The SMILES string of the molecule is C=CC(=O)N1C[C@H](C)N(c2nc(=O)n3c4c(c(-c5ccc(F)cc5F)c(C)cc24)SCC3CN2CCCC2)C[C@H]1C. The van der Waals surface area contributed by atoms with Gasteiger partial charge in [0, 0.05) is 64.9 Å². The topological polar surface area (TPSA) is 61.7 Å². The molecule has 3 aliphatic rings. The molecule has 7 nitrogen and oxygen atoms in total. The first-order valence-electron chi connectivity index (χ1n) is 14.3. The molecule has 2 aromatic carbocycles. The molecule has 0 aliphatic carbocycles. The molecule has 6 rings (SSSR count). The molecule has 3 atom stereocenters. The van der Waals surface area contributed by atoms with Crippen molar-refractivity contribution in [1.29, 1.82) is 0 Å². The van der Waals surface area contributed by atoms with Gasteiger partial charge in [0.25, 0.3) is 0 Å². The third-order valence-corrected chi connectivity index (χ3v) is 9.95. The largest absolute Gasteiger partial charge is 0.350 e. The molecule has 0 saturated carbocycles. The van der Waals surface area contributed by atoms with Gasteiger partial charge in [-0.1, -0.05) is 6.58 Å². The minimum absolute atomic E-state index is 0.0748. The van der Waals surface area contributed by atoms with E-state index in [2.05, 4.69) is 16.4 Å². The number of amides is 1. The minimum Gasteiger partial charge on any atom is -0.349 e. The molecule has 3 aliphatic heterocycles. The molecule has 10 heteroatoms. The molecule has 1 unspecified atom stereocenters. The number of aryl methyl sites for hydroxylation is 1. The number of hydrogen-bond acceptors (Lipinski definition) is 6. The van der Waals surface area contributed by atoms with E-state index in [0.29, 0.717) is 35.8 Å². The average molecular weight is 580 g/mol. The van der Waals surface area contributed by atoms with E-state index >= 15 is 4.39 Å². The standard InChI is InChI=1S/C31H35F2N5O2S/c1-5-26(39)36-14-20(4)37(15-19(36)3)30-24-12-18(2)27(23-9-8-21(32)13-25(23)33)29-28(24)38(31(40)34-30)22(17-41-29)16-35-10-6-7-11-35/h5,8-9,12-13,19-20,22H,1,6-7,10-11,14-17H2,2-4H3/t19-,20+,22?/m1/s1. The number of anilines is 1. The Bertz CT molecular complexity index is 1600. The van der Waals surface area contributed by atoms with Crippen molar-refractivity contribution < 1.29 is 13.6 Å². The highest BCUT2D eigenvalue weighted by Crippen LogP contribution is 2.46. The molecule has 3 aromatic rings. The third kappa shape index (κ3) is 4.84. The zero-order valence-electron chi connectivity index (χ0n) is 23.7. The maximum atomic E-state index is 15.2. The summed E-state index contributed by atoms with van der Waals surface area (Å²) in [5, 5.41) is 0.838. The number of halogens is 2. The number of nitrogens with zero attached hydrogens (tertiary/aromatic N) is 5. The first-order chi connectivity index (χ1) is 19.7. The molecule has 1 aromatic heterocycles. The minimum atomic E-state index is -0.628. The second kappa shape index (κ2) is 10.9. The molecule has 1 amide bonds. The fourth-order valence-electron chi connectivity index (χ4n) is 6.71. The predicted molar refractivity (Wildman–Crippen MR) is 160 cm³/mol.